The number of thiophene rings is 1. The third-order valence-electron chi connectivity index (χ3n) is 21.0. The van der Waals surface area contributed by atoms with Gasteiger partial charge in [-0.3, -0.25) is 45.9 Å². The Hall–Kier alpha value is -13.8. The topological polar surface area (TPSA) is 481 Å². The number of ketones is 2. The van der Waals surface area contributed by atoms with E-state index in [1.54, 1.807) is 68.8 Å². The van der Waals surface area contributed by atoms with Crippen LogP contribution >= 0.6 is 45.9 Å². The maximum Gasteiger partial charge on any atom is 0.348 e. The number of nitrogens with two attached hydrogens (primary N) is 2. The van der Waals surface area contributed by atoms with Gasteiger partial charge in [-0.25, -0.2) is 57.4 Å². The lowest BCUT2D eigenvalue weighted by Crippen LogP contribution is -2.27. The molecule has 1 aliphatic heterocycles. The van der Waals surface area contributed by atoms with Gasteiger partial charge in [0, 0.05) is 168 Å². The van der Waals surface area contributed by atoms with Gasteiger partial charge in [-0.05, 0) is 151 Å². The minimum Gasteiger partial charge on any atom is -0.462 e. The lowest BCUT2D eigenvalue weighted by atomic mass is 10.1. The van der Waals surface area contributed by atoms with Crippen LogP contribution in [0.1, 0.15) is 122 Å². The summed E-state index contributed by atoms with van der Waals surface area (Å²) in [4.78, 5) is 76.0. The first-order valence-corrected chi connectivity index (χ1v) is 47.0. The van der Waals surface area contributed by atoms with Gasteiger partial charge in [0.15, 0.2) is 45.9 Å². The molecule has 0 saturated carbocycles. The molecule has 0 aromatic carbocycles. The van der Waals surface area contributed by atoms with Gasteiger partial charge < -0.3 is 46.5 Å². The van der Waals surface area contributed by atoms with Crippen LogP contribution in [0.2, 0.25) is 0 Å². The second-order valence-corrected chi connectivity index (χ2v) is 37.1. The number of sulfonamides is 1. The van der Waals surface area contributed by atoms with Gasteiger partial charge in [-0.15, -0.1) is 11.3 Å². The Balaban J connectivity index is 0.000000128. The first-order valence-electron chi connectivity index (χ1n) is 42.1. The Morgan fingerprint density at radius 2 is 0.931 bits per heavy atom. The number of ether oxygens (including phenoxy) is 1. The van der Waals surface area contributed by atoms with Crippen LogP contribution in [0.15, 0.2) is 145 Å². The van der Waals surface area contributed by atoms with Crippen molar-refractivity contribution >= 4 is 140 Å². The molecule has 0 spiro atoms. The van der Waals surface area contributed by atoms with E-state index in [1.807, 2.05) is 173 Å². The summed E-state index contributed by atoms with van der Waals surface area (Å²) in [7, 11) is 4.33. The molecule has 678 valence electrons. The number of nitrogens with zero attached hydrogens (tertiary/aromatic N) is 26. The van der Waals surface area contributed by atoms with Crippen molar-refractivity contribution in [1.29, 1.82) is 0 Å². The Labute approximate surface area is 767 Å². The number of nitrogens with one attached hydrogen (secondary N) is 4. The molecule has 0 bridgehead atoms. The summed E-state index contributed by atoms with van der Waals surface area (Å²) in [6.45, 7) is 13.6. The summed E-state index contributed by atoms with van der Waals surface area (Å²) >= 11 is 5.46. The zero-order valence-electron chi connectivity index (χ0n) is 73.7. The molecule has 0 radical (unpaired) electrons. The summed E-state index contributed by atoms with van der Waals surface area (Å²) in [5, 5.41) is 40.6. The van der Waals surface area contributed by atoms with Crippen molar-refractivity contribution in [2.75, 3.05) is 60.3 Å². The molecule has 131 heavy (non-hydrogen) atoms. The number of fused-ring (bicyclic) bond motifs is 4. The molecule has 0 amide bonds. The highest BCUT2D eigenvalue weighted by Gasteiger charge is 2.32. The monoisotopic (exact) mass is 1860 g/mol. The number of hydrogen-bond acceptors (Lipinski definition) is 35. The number of imidazole rings is 4. The van der Waals surface area contributed by atoms with Crippen LogP contribution < -0.4 is 32.7 Å². The average molecular weight is 1870 g/mol. The number of esters is 1. The Kier molecular flexibility index (Phi) is 27.7. The van der Waals surface area contributed by atoms with Crippen LogP contribution in [-0.2, 0) is 91.1 Å². The number of aryl methyl sites for hydroxylation is 11. The van der Waals surface area contributed by atoms with E-state index >= 15 is 0 Å². The number of Topliss-reactive ketones (excluding diaryl/α,β-unsaturated/α-hetero) is 2. The van der Waals surface area contributed by atoms with E-state index in [1.165, 1.54) is 56.5 Å². The van der Waals surface area contributed by atoms with Crippen LogP contribution in [0.5, 0.6) is 0 Å². The largest absolute Gasteiger partial charge is 0.462 e. The summed E-state index contributed by atoms with van der Waals surface area (Å²) in [6.07, 6.45) is 37.7. The minimum atomic E-state index is -3.18. The molecule has 1 aliphatic rings. The van der Waals surface area contributed by atoms with E-state index in [2.05, 4.69) is 85.0 Å². The number of aromatic nitrogens is 25. The smallest absolute Gasteiger partial charge is 0.348 e. The lowest BCUT2D eigenvalue weighted by Gasteiger charge is -2.12. The third kappa shape index (κ3) is 21.9. The highest BCUT2D eigenvalue weighted by Crippen LogP contribution is 2.37. The lowest BCUT2D eigenvalue weighted by molar-refractivity contribution is -0.119. The molecule has 1 saturated heterocycles. The van der Waals surface area contributed by atoms with Crippen LogP contribution in [-0.4, -0.2) is 189 Å². The van der Waals surface area contributed by atoms with Crippen molar-refractivity contribution in [3.8, 4) is 45.0 Å². The van der Waals surface area contributed by atoms with Crippen molar-refractivity contribution in [3.05, 3.63) is 208 Å². The molecule has 19 rings (SSSR count). The molecule has 0 aliphatic carbocycles. The molecule has 18 aromatic rings. The first kappa shape index (κ1) is 90.5. The highest BCUT2D eigenvalue weighted by atomic mass is 32.2. The van der Waals surface area contributed by atoms with E-state index in [4.69, 9.17) is 45.2 Å². The van der Waals surface area contributed by atoms with Crippen molar-refractivity contribution in [3.63, 3.8) is 0 Å². The second-order valence-electron chi connectivity index (χ2n) is 31.6. The summed E-state index contributed by atoms with van der Waals surface area (Å²) in [5.41, 5.74) is 30.4. The zero-order chi connectivity index (χ0) is 91.7. The molecule has 45 heteroatoms. The van der Waals surface area contributed by atoms with Crippen LogP contribution in [0.4, 0.5) is 44.2 Å². The Bertz CT molecular complexity index is 7000. The Morgan fingerprint density at radius 1 is 0.496 bits per heavy atom. The number of anilines is 8. The number of hydrogen-bond donors (Lipinski definition) is 6. The predicted octanol–water partition coefficient (Wildman–Crippen LogP) is 12.6. The van der Waals surface area contributed by atoms with Gasteiger partial charge in [-0.2, -0.15) is 33.5 Å². The minimum absolute atomic E-state index is 0.0895. The van der Waals surface area contributed by atoms with E-state index in [0.717, 1.165) is 140 Å². The van der Waals surface area contributed by atoms with Crippen LogP contribution in [0, 0.1) is 34.6 Å². The average Bonchev–Trinajstić information content (AvgIpc) is 1.64. The molecule has 40 nitrogen and oxygen atoms in total. The van der Waals surface area contributed by atoms with E-state index in [-0.39, 0.29) is 29.9 Å². The van der Waals surface area contributed by atoms with Crippen molar-refractivity contribution in [2.45, 2.75) is 118 Å². The van der Waals surface area contributed by atoms with Crippen LogP contribution in [0.3, 0.4) is 0 Å². The molecule has 1 unspecified atom stereocenters. The number of carbonyl (C=O) groups excluding carboxylic acids is 3. The molecule has 19 heterocycles. The molecular formula is C86H96N32O8S5. The van der Waals surface area contributed by atoms with Gasteiger partial charge >= 0.3 is 5.97 Å². The predicted molar refractivity (Wildman–Crippen MR) is 500 cm³/mol. The molecule has 1 fully saturated rings. The highest BCUT2D eigenvalue weighted by molar-refractivity contribution is 7.88. The van der Waals surface area contributed by atoms with Gasteiger partial charge in [0.05, 0.1) is 148 Å². The van der Waals surface area contributed by atoms with Crippen LogP contribution in [0.25, 0.3) is 67.6 Å². The Morgan fingerprint density at radius 3 is 1.34 bits per heavy atom. The maximum atomic E-state index is 12.5. The second kappa shape index (κ2) is 40.0. The fraction of sp³-hybridized carbons (Fsp3) is 0.326. The molecule has 8 N–H and O–H groups in total. The van der Waals surface area contributed by atoms with Gasteiger partial charge in [0.1, 0.15) is 32.2 Å². The number of rotatable bonds is 32. The van der Waals surface area contributed by atoms with Gasteiger partial charge in [0.2, 0.25) is 15.9 Å². The first-order chi connectivity index (χ1) is 63.2. The standard InChI is InChI=1S/C23H24N8O3.C23H24N8OS2.C20H25N9O2S2.C20H23N7O2S/c2*1-14-7-19(33-28-14)9-18(32)6-4-5-17-13-31-20(16-10-25-30(3)12-16)11-24-23(31)22(26-17)27-21-8-15(2)29-34-21;1-27-10-14(8-23-27)17-9-22-20-19(24-15(3-5-21)12-29(17)20)25-18-7-16(26-32-18)13-4-6-28(11-13)33(2,30)31;1-4-29-20(28)17-12(2)7-16(30-17)25-18-19-22-9-15(13-8-23-26(3)10-13)27(19)11-14(24-18)5-6-21/h2*7-8,10-13H,4-6,9H2,1-3H3,(H,26,27);7-10,12-13H,3-6,11,21H2,1-2H3,(H,24,25);7-11H,4-6,21H2,1-3H3,(H,24,25). The third-order valence-corrected chi connectivity index (χ3v) is 25.8. The zero-order valence-corrected chi connectivity index (χ0v) is 77.8. The van der Waals surface area contributed by atoms with Gasteiger partial charge in [0.25, 0.3) is 0 Å². The SMILES string of the molecule is CCOC(=O)c1sc(Nc2nc(CCN)cn3c(-c4cnn(C)c4)cnc23)cc1C.Cc1cc(CC(=O)CCCc2cn3c(-c4cnn(C)c4)cnc3c(Nc3cc(C)no3)n2)on1.Cc1cc(CC(=O)CCCc2cn3c(-c4cnn(C)c4)cnc3c(Nc3cc(C)ns3)n2)sn1.Cn1cc(-c2cnc3c(Nc4cc(C5CCN(S(C)(=O)=O)C5)ns4)nc(CCN)cn23)cn1. The summed E-state index contributed by atoms with van der Waals surface area (Å²) in [5.74, 6) is 3.61. The van der Waals surface area contributed by atoms with E-state index in [9.17, 15) is 22.8 Å². The summed E-state index contributed by atoms with van der Waals surface area (Å²) < 4.78 is 69.0. The fourth-order valence-corrected chi connectivity index (χ4v) is 18.9. The number of carbonyl (C=O) groups is 3. The fourth-order valence-electron chi connectivity index (χ4n) is 14.9. The van der Waals surface area contributed by atoms with E-state index < -0.39 is 10.0 Å². The maximum absolute atomic E-state index is 12.5. The quantitative estimate of drug-likeness (QED) is 0.0213. The van der Waals surface area contributed by atoms with Crippen molar-refractivity contribution in [2.24, 2.45) is 39.7 Å². The van der Waals surface area contributed by atoms with Crippen molar-refractivity contribution in [1.82, 2.24) is 124 Å². The van der Waals surface area contributed by atoms with Gasteiger partial charge in [-0.1, -0.05) is 10.3 Å². The molecular weight excluding hydrogens is 1770 g/mol. The molecule has 18 aromatic heterocycles. The normalized spacial score (nSPS) is 12.8. The molecule has 1 atom stereocenters. The summed E-state index contributed by atoms with van der Waals surface area (Å²) in [6, 6.07) is 11.4. The van der Waals surface area contributed by atoms with E-state index in [0.29, 0.717) is 141 Å². The van der Waals surface area contributed by atoms with Crippen molar-refractivity contribution < 1.29 is 36.6 Å².